The van der Waals surface area contributed by atoms with Crippen LogP contribution in [-0.4, -0.2) is 32.5 Å². The van der Waals surface area contributed by atoms with Crippen LogP contribution in [-0.2, 0) is 21.2 Å². The molecule has 2 aromatic rings. The quantitative estimate of drug-likeness (QED) is 0.750. The first-order valence-corrected chi connectivity index (χ1v) is 10.9. The molecule has 2 amide bonds. The lowest BCUT2D eigenvalue weighted by Crippen LogP contribution is -2.33. The van der Waals surface area contributed by atoms with Crippen LogP contribution >= 0.6 is 11.6 Å². The Morgan fingerprint density at radius 1 is 1.14 bits per heavy atom. The summed E-state index contributed by atoms with van der Waals surface area (Å²) in [5, 5.41) is 0.210. The number of amides is 2. The number of sulfonamides is 1. The third kappa shape index (κ3) is 2.89. The molecule has 4 rings (SSSR count). The van der Waals surface area contributed by atoms with Gasteiger partial charge in [0.05, 0.1) is 27.4 Å². The van der Waals surface area contributed by atoms with Gasteiger partial charge in [-0.2, -0.15) is 0 Å². The lowest BCUT2D eigenvalue weighted by molar-refractivity contribution is -0.123. The summed E-state index contributed by atoms with van der Waals surface area (Å²) in [4.78, 5) is 27.4. The molecule has 2 aromatic carbocycles. The highest BCUT2D eigenvalue weighted by Gasteiger charge is 2.50. The Labute approximate surface area is 168 Å². The van der Waals surface area contributed by atoms with Gasteiger partial charge in [0.1, 0.15) is 0 Å². The number of nitrogens with zero attached hydrogens (tertiary/aromatic N) is 2. The summed E-state index contributed by atoms with van der Waals surface area (Å²) < 4.78 is 25.9. The summed E-state index contributed by atoms with van der Waals surface area (Å²) in [7, 11) is -3.80. The van der Waals surface area contributed by atoms with E-state index in [0.717, 1.165) is 22.0 Å². The van der Waals surface area contributed by atoms with Crippen LogP contribution in [0.25, 0.3) is 0 Å². The van der Waals surface area contributed by atoms with Gasteiger partial charge in [0.25, 0.3) is 5.91 Å². The second-order valence-corrected chi connectivity index (χ2v) is 9.93. The van der Waals surface area contributed by atoms with Gasteiger partial charge in [-0.05, 0) is 50.1 Å². The highest BCUT2D eigenvalue weighted by molar-refractivity contribution is 7.94. The second-order valence-electron chi connectivity index (χ2n) is 7.71. The van der Waals surface area contributed by atoms with E-state index in [1.165, 1.54) is 18.2 Å². The van der Waals surface area contributed by atoms with Gasteiger partial charge in [0.2, 0.25) is 15.9 Å². The SMILES string of the molecule is CC1(C)CS(=O)(=O)N(c2ccc(Cl)c(C(=O)N3CCc4ccccc43)c2)C1=O. The maximum absolute atomic E-state index is 13.2. The summed E-state index contributed by atoms with van der Waals surface area (Å²) >= 11 is 6.27. The standard InChI is InChI=1S/C20H19ClN2O4S/c1-20(2)12-28(26,27)23(19(20)25)14-7-8-16(21)15(11-14)18(24)22-10-9-13-5-3-4-6-17(13)22/h3-8,11H,9-10,12H2,1-2H3. The molecule has 146 valence electrons. The van der Waals surface area contributed by atoms with Crippen molar-refractivity contribution in [3.05, 3.63) is 58.6 Å². The minimum Gasteiger partial charge on any atom is -0.308 e. The average molecular weight is 419 g/mol. The molecule has 28 heavy (non-hydrogen) atoms. The van der Waals surface area contributed by atoms with E-state index < -0.39 is 21.3 Å². The van der Waals surface area contributed by atoms with Crippen molar-refractivity contribution in [2.75, 3.05) is 21.5 Å². The smallest absolute Gasteiger partial charge is 0.259 e. The van der Waals surface area contributed by atoms with Gasteiger partial charge in [-0.3, -0.25) is 9.59 Å². The van der Waals surface area contributed by atoms with Gasteiger partial charge in [-0.1, -0.05) is 29.8 Å². The van der Waals surface area contributed by atoms with Crippen LogP contribution in [0.2, 0.25) is 5.02 Å². The molecular weight excluding hydrogens is 400 g/mol. The van der Waals surface area contributed by atoms with Gasteiger partial charge < -0.3 is 4.90 Å². The Bertz CT molecular complexity index is 1110. The number of anilines is 2. The Morgan fingerprint density at radius 2 is 1.86 bits per heavy atom. The van der Waals surface area contributed by atoms with Gasteiger partial charge in [0.15, 0.2) is 0 Å². The molecule has 0 radical (unpaired) electrons. The number of fused-ring (bicyclic) bond motifs is 1. The van der Waals surface area contributed by atoms with E-state index in [1.54, 1.807) is 18.7 Å². The number of carbonyl (C=O) groups excluding carboxylic acids is 2. The zero-order valence-corrected chi connectivity index (χ0v) is 17.0. The molecule has 0 aromatic heterocycles. The number of rotatable bonds is 2. The Hall–Kier alpha value is -2.38. The second kappa shape index (κ2) is 6.32. The third-order valence-electron chi connectivity index (χ3n) is 5.13. The van der Waals surface area contributed by atoms with Crippen LogP contribution in [0.4, 0.5) is 11.4 Å². The number of benzene rings is 2. The molecule has 0 saturated carbocycles. The summed E-state index contributed by atoms with van der Waals surface area (Å²) in [6.45, 7) is 3.71. The monoisotopic (exact) mass is 418 g/mol. The summed E-state index contributed by atoms with van der Waals surface area (Å²) in [6, 6.07) is 11.9. The number of para-hydroxylation sites is 1. The summed E-state index contributed by atoms with van der Waals surface area (Å²) in [5.74, 6) is -1.11. The van der Waals surface area contributed by atoms with Gasteiger partial charge in [-0.15, -0.1) is 0 Å². The van der Waals surface area contributed by atoms with E-state index in [-0.39, 0.29) is 27.9 Å². The fourth-order valence-electron chi connectivity index (χ4n) is 3.76. The molecule has 2 aliphatic rings. The molecule has 1 saturated heterocycles. The number of carbonyl (C=O) groups is 2. The first-order chi connectivity index (χ1) is 13.1. The van der Waals surface area contributed by atoms with E-state index >= 15 is 0 Å². The predicted octanol–water partition coefficient (Wildman–Crippen LogP) is 3.25. The molecule has 8 heteroatoms. The molecule has 1 fully saturated rings. The Kier molecular flexibility index (Phi) is 4.28. The normalized spacial score (nSPS) is 19.8. The van der Waals surface area contributed by atoms with Gasteiger partial charge in [0, 0.05) is 12.2 Å². The fourth-order valence-corrected chi connectivity index (χ4v) is 6.06. The van der Waals surface area contributed by atoms with Crippen LogP contribution in [0.1, 0.15) is 29.8 Å². The zero-order chi connectivity index (χ0) is 20.3. The molecule has 0 atom stereocenters. The van der Waals surface area contributed by atoms with Crippen LogP contribution in [0.5, 0.6) is 0 Å². The lowest BCUT2D eigenvalue weighted by atomic mass is 9.95. The Balaban J connectivity index is 1.75. The molecular formula is C20H19ClN2O4S. The number of halogens is 1. The highest BCUT2D eigenvalue weighted by atomic mass is 35.5. The first-order valence-electron chi connectivity index (χ1n) is 8.88. The molecule has 2 aliphatic heterocycles. The minimum absolute atomic E-state index is 0.135. The van der Waals surface area contributed by atoms with E-state index in [9.17, 15) is 18.0 Å². The van der Waals surface area contributed by atoms with E-state index in [4.69, 9.17) is 11.6 Å². The largest absolute Gasteiger partial charge is 0.308 e. The van der Waals surface area contributed by atoms with Crippen molar-refractivity contribution in [2.45, 2.75) is 20.3 Å². The van der Waals surface area contributed by atoms with Crippen molar-refractivity contribution in [1.29, 1.82) is 0 Å². The lowest BCUT2D eigenvalue weighted by Gasteiger charge is -2.21. The van der Waals surface area contributed by atoms with Crippen LogP contribution < -0.4 is 9.21 Å². The van der Waals surface area contributed by atoms with Crippen LogP contribution in [0.3, 0.4) is 0 Å². The molecule has 2 heterocycles. The van der Waals surface area contributed by atoms with Crippen molar-refractivity contribution in [1.82, 2.24) is 0 Å². The van der Waals surface area contributed by atoms with Crippen LogP contribution in [0, 0.1) is 5.41 Å². The van der Waals surface area contributed by atoms with E-state index in [2.05, 4.69) is 0 Å². The van der Waals surface area contributed by atoms with Gasteiger partial charge >= 0.3 is 0 Å². The summed E-state index contributed by atoms with van der Waals surface area (Å²) in [5.41, 5.74) is 1.18. The van der Waals surface area contributed by atoms with Gasteiger partial charge in [-0.25, -0.2) is 12.7 Å². The van der Waals surface area contributed by atoms with E-state index in [1.807, 2.05) is 24.3 Å². The van der Waals surface area contributed by atoms with Crippen molar-refractivity contribution in [3.8, 4) is 0 Å². The number of hydrogen-bond donors (Lipinski definition) is 0. The highest BCUT2D eigenvalue weighted by Crippen LogP contribution is 2.38. The maximum Gasteiger partial charge on any atom is 0.259 e. The van der Waals surface area contributed by atoms with Crippen molar-refractivity contribution >= 4 is 44.8 Å². The zero-order valence-electron chi connectivity index (χ0n) is 15.5. The topological polar surface area (TPSA) is 74.8 Å². The van der Waals surface area contributed by atoms with Crippen molar-refractivity contribution < 1.29 is 18.0 Å². The van der Waals surface area contributed by atoms with Crippen molar-refractivity contribution in [2.24, 2.45) is 5.41 Å². The Morgan fingerprint density at radius 3 is 2.54 bits per heavy atom. The third-order valence-corrected chi connectivity index (χ3v) is 7.48. The molecule has 0 unspecified atom stereocenters. The average Bonchev–Trinajstić information content (AvgIpc) is 3.11. The molecule has 0 bridgehead atoms. The molecule has 0 aliphatic carbocycles. The molecule has 0 N–H and O–H groups in total. The molecule has 0 spiro atoms. The predicted molar refractivity (Wildman–Crippen MR) is 108 cm³/mol. The van der Waals surface area contributed by atoms with Crippen molar-refractivity contribution in [3.63, 3.8) is 0 Å². The number of hydrogen-bond acceptors (Lipinski definition) is 4. The first kappa shape index (κ1) is 19.0. The minimum atomic E-state index is -3.80. The molecule has 6 nitrogen and oxygen atoms in total. The van der Waals surface area contributed by atoms with E-state index in [0.29, 0.717) is 6.54 Å². The fraction of sp³-hybridized carbons (Fsp3) is 0.300. The van der Waals surface area contributed by atoms with Crippen LogP contribution in [0.15, 0.2) is 42.5 Å². The maximum atomic E-state index is 13.2. The summed E-state index contributed by atoms with van der Waals surface area (Å²) in [6.07, 6.45) is 0.742.